The molecular formula is C28H47N3O2Si. The van der Waals surface area contributed by atoms with Gasteiger partial charge in [0.25, 0.3) is 0 Å². The summed E-state index contributed by atoms with van der Waals surface area (Å²) in [4.78, 5) is 13.5. The summed E-state index contributed by atoms with van der Waals surface area (Å²) < 4.78 is 11.9. The average Bonchev–Trinajstić information content (AvgIpc) is 2.86. The minimum Gasteiger partial charge on any atom is -0.535 e. The van der Waals surface area contributed by atoms with Crippen LogP contribution >= 0.6 is 0 Å². The fourth-order valence-corrected chi connectivity index (χ4v) is 5.16. The number of aromatic nitrogens is 3. The van der Waals surface area contributed by atoms with Gasteiger partial charge in [-0.3, -0.25) is 9.97 Å². The first-order chi connectivity index (χ1) is 16.6. The molecule has 0 fully saturated rings. The van der Waals surface area contributed by atoms with E-state index in [1.165, 1.54) is 70.3 Å². The van der Waals surface area contributed by atoms with Crippen molar-refractivity contribution in [2.24, 2.45) is 11.8 Å². The van der Waals surface area contributed by atoms with Crippen LogP contribution in [0, 0.1) is 11.8 Å². The fraction of sp³-hybridized carbons (Fsp3) is 0.679. The van der Waals surface area contributed by atoms with Crippen LogP contribution < -0.4 is 9.16 Å². The van der Waals surface area contributed by atoms with Gasteiger partial charge in [0, 0.05) is 0 Å². The molecule has 5 nitrogen and oxygen atoms in total. The molecule has 0 aromatic carbocycles. The van der Waals surface area contributed by atoms with Crippen LogP contribution in [0.25, 0.3) is 11.4 Å². The fourth-order valence-electron chi connectivity index (χ4n) is 4.01. The molecule has 0 saturated heterocycles. The highest BCUT2D eigenvalue weighted by molar-refractivity contribution is 6.28. The van der Waals surface area contributed by atoms with Gasteiger partial charge in [0.1, 0.15) is 11.4 Å². The van der Waals surface area contributed by atoms with Crippen molar-refractivity contribution in [3.63, 3.8) is 0 Å². The molecule has 2 heterocycles. The Bertz CT molecular complexity index is 773. The zero-order chi connectivity index (χ0) is 24.4. The van der Waals surface area contributed by atoms with Gasteiger partial charge in [-0.05, 0) is 36.4 Å². The lowest BCUT2D eigenvalue weighted by Gasteiger charge is -2.15. The van der Waals surface area contributed by atoms with Crippen LogP contribution in [0.1, 0.15) is 98.3 Å². The Morgan fingerprint density at radius 2 is 1.56 bits per heavy atom. The van der Waals surface area contributed by atoms with E-state index >= 15 is 0 Å². The van der Waals surface area contributed by atoms with Gasteiger partial charge >= 0.3 is 0 Å². The Morgan fingerprint density at radius 1 is 0.794 bits per heavy atom. The van der Waals surface area contributed by atoms with Crippen molar-refractivity contribution in [2.75, 3.05) is 6.61 Å². The van der Waals surface area contributed by atoms with Crippen molar-refractivity contribution in [3.8, 4) is 23.0 Å². The SMILES string of the molecule is CCCCCCCCOc1ccc(-c2cncc(O[SiH2]CC(C)CCC(C)CCCC)n2)nc1. The van der Waals surface area contributed by atoms with Crippen molar-refractivity contribution in [1.82, 2.24) is 15.0 Å². The second-order valence-electron chi connectivity index (χ2n) is 9.80. The van der Waals surface area contributed by atoms with E-state index in [-0.39, 0.29) is 0 Å². The van der Waals surface area contributed by atoms with E-state index in [0.29, 0.717) is 5.88 Å². The number of nitrogens with zero attached hydrogens (tertiary/aromatic N) is 3. The third-order valence-electron chi connectivity index (χ3n) is 6.44. The highest BCUT2D eigenvalue weighted by Crippen LogP contribution is 2.21. The van der Waals surface area contributed by atoms with Crippen molar-refractivity contribution >= 4 is 9.76 Å². The summed E-state index contributed by atoms with van der Waals surface area (Å²) in [5, 5.41) is 0. The summed E-state index contributed by atoms with van der Waals surface area (Å²) in [5.41, 5.74) is 1.53. The van der Waals surface area contributed by atoms with E-state index in [0.717, 1.165) is 42.0 Å². The van der Waals surface area contributed by atoms with E-state index in [9.17, 15) is 0 Å². The van der Waals surface area contributed by atoms with Gasteiger partial charge in [-0.15, -0.1) is 0 Å². The van der Waals surface area contributed by atoms with Crippen molar-refractivity contribution in [1.29, 1.82) is 0 Å². The normalized spacial score (nSPS) is 13.3. The van der Waals surface area contributed by atoms with Crippen LogP contribution in [0.2, 0.25) is 6.04 Å². The first-order valence-electron chi connectivity index (χ1n) is 13.7. The highest BCUT2D eigenvalue weighted by Gasteiger charge is 2.09. The molecule has 2 rings (SSSR count). The van der Waals surface area contributed by atoms with Crippen LogP contribution in [0.5, 0.6) is 11.6 Å². The molecular weight excluding hydrogens is 438 g/mol. The number of ether oxygens (including phenoxy) is 1. The Kier molecular flexibility index (Phi) is 14.5. The molecule has 2 unspecified atom stereocenters. The molecule has 0 N–H and O–H groups in total. The summed E-state index contributed by atoms with van der Waals surface area (Å²) in [7, 11) is -0.660. The van der Waals surface area contributed by atoms with E-state index in [4.69, 9.17) is 9.16 Å². The van der Waals surface area contributed by atoms with Gasteiger partial charge in [0.2, 0.25) is 15.6 Å². The maximum Gasteiger partial charge on any atom is 0.221 e. The van der Waals surface area contributed by atoms with Crippen molar-refractivity contribution < 1.29 is 9.16 Å². The Morgan fingerprint density at radius 3 is 2.32 bits per heavy atom. The third-order valence-corrected chi connectivity index (χ3v) is 8.16. The van der Waals surface area contributed by atoms with E-state index < -0.39 is 9.76 Å². The summed E-state index contributed by atoms with van der Waals surface area (Å²) in [6, 6.07) is 5.09. The van der Waals surface area contributed by atoms with E-state index in [1.54, 1.807) is 18.6 Å². The zero-order valence-electron chi connectivity index (χ0n) is 22.1. The van der Waals surface area contributed by atoms with Gasteiger partial charge in [-0.2, -0.15) is 0 Å². The summed E-state index contributed by atoms with van der Waals surface area (Å²) in [6.07, 6.45) is 19.4. The van der Waals surface area contributed by atoms with E-state index in [2.05, 4.69) is 42.6 Å². The number of rotatable bonds is 19. The Balaban J connectivity index is 1.71. The number of hydrogen-bond acceptors (Lipinski definition) is 5. The monoisotopic (exact) mass is 485 g/mol. The van der Waals surface area contributed by atoms with Gasteiger partial charge < -0.3 is 9.16 Å². The smallest absolute Gasteiger partial charge is 0.221 e. The average molecular weight is 486 g/mol. The first kappa shape index (κ1) is 28.3. The standard InChI is InChI=1S/C28H47N3O2Si/c1-5-7-9-10-11-12-18-32-25-16-17-26(30-19-25)27-20-29-21-28(31-27)33-34-22-24(4)15-14-23(3)13-8-6-2/h16-17,19-21,23-24H,5-15,18,22,34H2,1-4H3. The lowest BCUT2D eigenvalue weighted by Crippen LogP contribution is -2.09. The van der Waals surface area contributed by atoms with Gasteiger partial charge in [0.05, 0.1) is 30.9 Å². The largest absolute Gasteiger partial charge is 0.535 e. The predicted octanol–water partition coefficient (Wildman–Crippen LogP) is 7.40. The second kappa shape index (κ2) is 17.5. The van der Waals surface area contributed by atoms with Crippen LogP contribution in [-0.2, 0) is 0 Å². The molecule has 0 aliphatic rings. The molecule has 190 valence electrons. The molecule has 2 atom stereocenters. The van der Waals surface area contributed by atoms with Gasteiger partial charge in [0.15, 0.2) is 0 Å². The van der Waals surface area contributed by atoms with Crippen LogP contribution in [0.15, 0.2) is 30.7 Å². The Hall–Kier alpha value is -1.95. The summed E-state index contributed by atoms with van der Waals surface area (Å²) in [6.45, 7) is 10.0. The second-order valence-corrected chi connectivity index (χ2v) is 11.1. The van der Waals surface area contributed by atoms with Crippen molar-refractivity contribution in [2.45, 2.75) is 104 Å². The minimum atomic E-state index is -0.660. The molecule has 2 aromatic heterocycles. The lowest BCUT2D eigenvalue weighted by atomic mass is 9.95. The van der Waals surface area contributed by atoms with Crippen LogP contribution in [-0.4, -0.2) is 31.3 Å². The molecule has 0 aliphatic carbocycles. The highest BCUT2D eigenvalue weighted by atomic mass is 28.2. The molecule has 2 aromatic rings. The van der Waals surface area contributed by atoms with Crippen LogP contribution in [0.4, 0.5) is 0 Å². The maximum atomic E-state index is 6.05. The quantitative estimate of drug-likeness (QED) is 0.153. The first-order valence-corrected chi connectivity index (χ1v) is 15.2. The van der Waals surface area contributed by atoms with Crippen molar-refractivity contribution in [3.05, 3.63) is 30.7 Å². The number of unbranched alkanes of at least 4 members (excludes halogenated alkanes) is 6. The molecule has 34 heavy (non-hydrogen) atoms. The topological polar surface area (TPSA) is 57.1 Å². The molecule has 0 bridgehead atoms. The third kappa shape index (κ3) is 12.0. The van der Waals surface area contributed by atoms with E-state index in [1.807, 2.05) is 12.1 Å². The van der Waals surface area contributed by atoms with Crippen LogP contribution in [0.3, 0.4) is 0 Å². The molecule has 0 amide bonds. The molecule has 0 saturated carbocycles. The number of pyridine rings is 1. The number of hydrogen-bond donors (Lipinski definition) is 0. The lowest BCUT2D eigenvalue weighted by molar-refractivity contribution is 0.303. The predicted molar refractivity (Wildman–Crippen MR) is 145 cm³/mol. The van der Waals surface area contributed by atoms with Gasteiger partial charge in [-0.1, -0.05) is 91.9 Å². The molecule has 0 spiro atoms. The summed E-state index contributed by atoms with van der Waals surface area (Å²) in [5.74, 6) is 2.99. The summed E-state index contributed by atoms with van der Waals surface area (Å²) >= 11 is 0. The molecule has 0 aliphatic heterocycles. The zero-order valence-corrected chi connectivity index (χ0v) is 23.5. The Labute approximate surface area is 210 Å². The van der Waals surface area contributed by atoms with Gasteiger partial charge in [-0.25, -0.2) is 4.98 Å². The molecule has 0 radical (unpaired) electrons. The molecule has 6 heteroatoms. The minimum absolute atomic E-state index is 0.623. The maximum absolute atomic E-state index is 6.05.